The Bertz CT molecular complexity index is 480. The van der Waals surface area contributed by atoms with E-state index in [1.165, 1.54) is 0 Å². The summed E-state index contributed by atoms with van der Waals surface area (Å²) in [7, 11) is 0. The Kier molecular flexibility index (Phi) is 3.28. The van der Waals surface area contributed by atoms with Crippen molar-refractivity contribution in [3.63, 3.8) is 0 Å². The van der Waals surface area contributed by atoms with Crippen LogP contribution in [0.4, 0.5) is 17.6 Å². The fraction of sp³-hybridized carbons (Fsp3) is 0.417. The molecule has 2 nitrogen and oxygen atoms in total. The molecule has 1 aliphatic rings. The smallest absolute Gasteiger partial charge is 0.311 e. The molecule has 0 N–H and O–H groups in total. The van der Waals surface area contributed by atoms with Crippen LogP contribution < -0.4 is 4.74 Å². The zero-order valence-electron chi connectivity index (χ0n) is 9.53. The van der Waals surface area contributed by atoms with E-state index in [4.69, 9.17) is 0 Å². The van der Waals surface area contributed by atoms with E-state index in [2.05, 4.69) is 4.74 Å². The molecule has 0 unspecified atom stereocenters. The Labute approximate surface area is 101 Å². The lowest BCUT2D eigenvalue weighted by molar-refractivity contribution is -0.135. The minimum absolute atomic E-state index is 0.00397. The highest BCUT2D eigenvalue weighted by Gasteiger charge is 2.29. The van der Waals surface area contributed by atoms with Gasteiger partial charge in [0.2, 0.25) is 17.4 Å². The molecule has 0 aromatic heterocycles. The number of rotatable bonds is 3. The number of hydrogen-bond acceptors (Lipinski definition) is 2. The molecule has 0 bridgehead atoms. The van der Waals surface area contributed by atoms with Gasteiger partial charge in [0.05, 0.1) is 0 Å². The molecule has 0 radical (unpaired) electrons. The Morgan fingerprint density at radius 2 is 1.61 bits per heavy atom. The molecule has 1 saturated carbocycles. The number of benzene rings is 1. The van der Waals surface area contributed by atoms with Gasteiger partial charge >= 0.3 is 5.97 Å². The quantitative estimate of drug-likeness (QED) is 0.362. The molecule has 0 aliphatic heterocycles. The molecular weight excluding hydrogens is 252 g/mol. The Morgan fingerprint density at radius 1 is 1.11 bits per heavy atom. The topological polar surface area (TPSA) is 26.3 Å². The lowest BCUT2D eigenvalue weighted by Crippen LogP contribution is -2.13. The van der Waals surface area contributed by atoms with E-state index in [1.54, 1.807) is 0 Å². The summed E-state index contributed by atoms with van der Waals surface area (Å²) < 4.78 is 57.5. The number of ether oxygens (including phenoxy) is 1. The second kappa shape index (κ2) is 4.59. The minimum atomic E-state index is -1.68. The van der Waals surface area contributed by atoms with Gasteiger partial charge in [0.1, 0.15) is 0 Å². The molecule has 18 heavy (non-hydrogen) atoms. The van der Waals surface area contributed by atoms with Crippen LogP contribution >= 0.6 is 0 Å². The molecule has 1 fully saturated rings. The maximum atomic E-state index is 13.4. The number of esters is 1. The van der Waals surface area contributed by atoms with Gasteiger partial charge in [0, 0.05) is 12.0 Å². The third kappa shape index (κ3) is 2.32. The van der Waals surface area contributed by atoms with E-state index in [1.807, 2.05) is 0 Å². The van der Waals surface area contributed by atoms with Crippen LogP contribution in [0.25, 0.3) is 0 Å². The summed E-state index contributed by atoms with van der Waals surface area (Å²) in [6.07, 6.45) is 1.68. The van der Waals surface area contributed by atoms with Crippen molar-refractivity contribution in [2.75, 3.05) is 0 Å². The largest absolute Gasteiger partial charge is 0.420 e. The van der Waals surface area contributed by atoms with Crippen molar-refractivity contribution >= 4 is 5.97 Å². The summed E-state index contributed by atoms with van der Waals surface area (Å²) in [6.45, 7) is 0.895. The van der Waals surface area contributed by atoms with Gasteiger partial charge in [-0.25, -0.2) is 8.78 Å². The molecule has 0 heterocycles. The van der Waals surface area contributed by atoms with Crippen LogP contribution in [0.1, 0.15) is 24.8 Å². The van der Waals surface area contributed by atoms with Gasteiger partial charge in [-0.05, 0) is 25.7 Å². The third-order valence-corrected chi connectivity index (χ3v) is 2.81. The van der Waals surface area contributed by atoms with E-state index in [9.17, 15) is 22.4 Å². The van der Waals surface area contributed by atoms with Gasteiger partial charge < -0.3 is 4.74 Å². The predicted octanol–water partition coefficient (Wildman–Crippen LogP) is 3.26. The van der Waals surface area contributed by atoms with E-state index < -0.39 is 40.6 Å². The monoisotopic (exact) mass is 262 g/mol. The summed E-state index contributed by atoms with van der Waals surface area (Å²) in [5.41, 5.74) is -0.785. The van der Waals surface area contributed by atoms with Gasteiger partial charge in [-0.15, -0.1) is 0 Å². The number of carbonyl (C=O) groups is 1. The molecule has 98 valence electrons. The fourth-order valence-corrected chi connectivity index (χ4v) is 1.52. The summed E-state index contributed by atoms with van der Waals surface area (Å²) in [6, 6.07) is 0. The SMILES string of the molecule is Cc1c(F)c(F)c(OC(=O)CC2CC2)c(F)c1F. The van der Waals surface area contributed by atoms with Crippen LogP contribution in [0.15, 0.2) is 0 Å². The summed E-state index contributed by atoms with van der Waals surface area (Å²) in [4.78, 5) is 11.3. The van der Waals surface area contributed by atoms with Gasteiger partial charge in [-0.2, -0.15) is 8.78 Å². The van der Waals surface area contributed by atoms with Crippen molar-refractivity contribution < 1.29 is 27.1 Å². The normalized spacial score (nSPS) is 14.7. The molecule has 0 saturated heterocycles. The van der Waals surface area contributed by atoms with Crippen molar-refractivity contribution in [1.29, 1.82) is 0 Å². The molecule has 1 aromatic carbocycles. The van der Waals surface area contributed by atoms with Crippen LogP contribution in [0, 0.1) is 36.1 Å². The molecule has 0 atom stereocenters. The summed E-state index contributed by atoms with van der Waals surface area (Å²) >= 11 is 0. The number of halogens is 4. The maximum absolute atomic E-state index is 13.4. The van der Waals surface area contributed by atoms with Crippen molar-refractivity contribution in [1.82, 2.24) is 0 Å². The highest BCUT2D eigenvalue weighted by atomic mass is 19.2. The summed E-state index contributed by atoms with van der Waals surface area (Å²) in [5, 5.41) is 0. The number of carbonyl (C=O) groups excluding carboxylic acids is 1. The molecule has 1 aliphatic carbocycles. The standard InChI is InChI=1S/C12H10F4O2/c1-5-8(13)10(15)12(11(16)9(5)14)18-7(17)4-6-2-3-6/h6H,2-4H2,1H3. The minimum Gasteiger partial charge on any atom is -0.420 e. The second-order valence-electron chi connectivity index (χ2n) is 4.33. The Balaban J connectivity index is 2.28. The highest BCUT2D eigenvalue weighted by molar-refractivity contribution is 5.73. The summed E-state index contributed by atoms with van der Waals surface area (Å²) in [5.74, 6) is -8.53. The zero-order valence-corrected chi connectivity index (χ0v) is 9.53. The van der Waals surface area contributed by atoms with Crippen LogP contribution in [0.3, 0.4) is 0 Å². The van der Waals surface area contributed by atoms with Crippen molar-refractivity contribution in [2.45, 2.75) is 26.2 Å². The predicted molar refractivity (Wildman–Crippen MR) is 54.0 cm³/mol. The van der Waals surface area contributed by atoms with Crippen molar-refractivity contribution in [3.8, 4) is 5.75 Å². The molecular formula is C12H10F4O2. The van der Waals surface area contributed by atoms with Crippen molar-refractivity contribution in [3.05, 3.63) is 28.8 Å². The Morgan fingerprint density at radius 3 is 2.06 bits per heavy atom. The van der Waals surface area contributed by atoms with Crippen LogP contribution in [-0.4, -0.2) is 5.97 Å². The molecule has 0 spiro atoms. The molecule has 2 rings (SSSR count). The van der Waals surface area contributed by atoms with Gasteiger partial charge in [0.15, 0.2) is 11.6 Å². The van der Waals surface area contributed by atoms with Gasteiger partial charge in [0.25, 0.3) is 0 Å². The first-order chi connectivity index (χ1) is 8.41. The average Bonchev–Trinajstić information content (AvgIpc) is 3.13. The lowest BCUT2D eigenvalue weighted by Gasteiger charge is -2.09. The van der Waals surface area contributed by atoms with Crippen molar-refractivity contribution in [2.24, 2.45) is 5.92 Å². The third-order valence-electron chi connectivity index (χ3n) is 2.81. The zero-order chi connectivity index (χ0) is 13.4. The lowest BCUT2D eigenvalue weighted by atomic mass is 10.2. The maximum Gasteiger partial charge on any atom is 0.311 e. The first-order valence-electron chi connectivity index (χ1n) is 5.45. The van der Waals surface area contributed by atoms with E-state index in [0.717, 1.165) is 19.8 Å². The average molecular weight is 262 g/mol. The van der Waals surface area contributed by atoms with E-state index in [0.29, 0.717) is 0 Å². The van der Waals surface area contributed by atoms with E-state index >= 15 is 0 Å². The second-order valence-corrected chi connectivity index (χ2v) is 4.33. The highest BCUT2D eigenvalue weighted by Crippen LogP contribution is 2.34. The molecule has 1 aromatic rings. The first kappa shape index (κ1) is 12.9. The van der Waals surface area contributed by atoms with Crippen LogP contribution in [0.2, 0.25) is 0 Å². The molecule has 6 heteroatoms. The Hall–Kier alpha value is -1.59. The van der Waals surface area contributed by atoms with Gasteiger partial charge in [-0.1, -0.05) is 0 Å². The fourth-order valence-electron chi connectivity index (χ4n) is 1.52. The molecule has 0 amide bonds. The van der Waals surface area contributed by atoms with Crippen LogP contribution in [0.5, 0.6) is 5.75 Å². The number of hydrogen-bond donors (Lipinski definition) is 0. The van der Waals surface area contributed by atoms with E-state index in [-0.39, 0.29) is 12.3 Å². The van der Waals surface area contributed by atoms with Crippen LogP contribution in [-0.2, 0) is 4.79 Å². The van der Waals surface area contributed by atoms with Gasteiger partial charge in [-0.3, -0.25) is 4.79 Å². The first-order valence-corrected chi connectivity index (χ1v) is 5.45.